The lowest BCUT2D eigenvalue weighted by Gasteiger charge is -2.05. The van der Waals surface area contributed by atoms with Gasteiger partial charge in [-0.15, -0.1) is 0 Å². The van der Waals surface area contributed by atoms with Crippen LogP contribution in [0, 0.1) is 11.6 Å². The van der Waals surface area contributed by atoms with E-state index >= 15 is 0 Å². The molecule has 152 valence electrons. The Morgan fingerprint density at radius 1 is 0.968 bits per heavy atom. The average molecular weight is 417 g/mol. The maximum Gasteiger partial charge on any atom is 0.280 e. The molecule has 5 aromatic rings. The van der Waals surface area contributed by atoms with Crippen molar-refractivity contribution < 1.29 is 13.6 Å². The smallest absolute Gasteiger partial charge is 0.280 e. The number of hydrogen-bond donors (Lipinski definition) is 3. The number of carbonyl (C=O) groups is 1. The van der Waals surface area contributed by atoms with E-state index in [4.69, 9.17) is 0 Å². The fourth-order valence-corrected chi connectivity index (χ4v) is 3.31. The number of rotatable bonds is 3. The Labute approximate surface area is 172 Å². The van der Waals surface area contributed by atoms with Gasteiger partial charge in [-0.1, -0.05) is 12.1 Å². The molecule has 0 aliphatic carbocycles. The number of amides is 1. The molecule has 0 radical (unpaired) electrons. The highest BCUT2D eigenvalue weighted by atomic mass is 19.1. The Bertz CT molecular complexity index is 1540. The zero-order valence-electron chi connectivity index (χ0n) is 15.7. The van der Waals surface area contributed by atoms with Crippen LogP contribution in [0.1, 0.15) is 10.5 Å². The highest BCUT2D eigenvalue weighted by molar-refractivity contribution is 6.05. The number of benzene rings is 3. The minimum atomic E-state index is -0.678. The van der Waals surface area contributed by atoms with Gasteiger partial charge in [0.2, 0.25) is 5.43 Å². The van der Waals surface area contributed by atoms with E-state index in [-0.39, 0.29) is 17.1 Å². The van der Waals surface area contributed by atoms with Crippen LogP contribution in [-0.2, 0) is 0 Å². The molecule has 0 atom stereocenters. The predicted octanol–water partition coefficient (Wildman–Crippen LogP) is 4.00. The number of carbonyl (C=O) groups excluding carboxylic acids is 1. The quantitative estimate of drug-likeness (QED) is 0.413. The molecule has 0 unspecified atom stereocenters. The first-order valence-corrected chi connectivity index (χ1v) is 9.23. The predicted molar refractivity (Wildman–Crippen MR) is 112 cm³/mol. The van der Waals surface area contributed by atoms with Gasteiger partial charge in [-0.05, 0) is 48.5 Å². The van der Waals surface area contributed by atoms with Gasteiger partial charge in [0.1, 0.15) is 17.5 Å². The first-order chi connectivity index (χ1) is 15.0. The standard InChI is InChI=1S/C22H13F2N5O2/c23-11-5-7-15(24)14(9-11)21-26-17-8-6-12(10-18(17)27-21)25-22(31)19-20(30)13-3-1-2-4-16(13)28-29-19/h1-10H,(H,25,31)(H,26,27)(H,28,30). The van der Waals surface area contributed by atoms with Crippen LogP contribution in [0.2, 0.25) is 0 Å². The SMILES string of the molecule is O=C(Nc1ccc2nc(-c3cc(F)ccc3F)[nH]c2c1)c1n[nH]c2ccccc2c1=O. The summed E-state index contributed by atoms with van der Waals surface area (Å²) >= 11 is 0. The van der Waals surface area contributed by atoms with E-state index in [1.165, 1.54) is 0 Å². The molecule has 0 saturated heterocycles. The number of H-pyrrole nitrogens is 2. The number of nitrogens with zero attached hydrogens (tertiary/aromatic N) is 2. The second kappa shape index (κ2) is 7.13. The lowest BCUT2D eigenvalue weighted by molar-refractivity contribution is 0.102. The van der Waals surface area contributed by atoms with Crippen molar-refractivity contribution in [1.82, 2.24) is 20.2 Å². The largest absolute Gasteiger partial charge is 0.338 e. The zero-order chi connectivity index (χ0) is 21.5. The summed E-state index contributed by atoms with van der Waals surface area (Å²) in [5, 5.41) is 9.55. The van der Waals surface area contributed by atoms with E-state index < -0.39 is 23.0 Å². The molecule has 0 spiro atoms. The molecular formula is C22H13F2N5O2. The third-order valence-corrected chi connectivity index (χ3v) is 4.81. The molecule has 0 saturated carbocycles. The van der Waals surface area contributed by atoms with Gasteiger partial charge in [0.05, 0.1) is 22.1 Å². The first kappa shape index (κ1) is 18.6. The van der Waals surface area contributed by atoms with Crippen molar-refractivity contribution >= 4 is 33.5 Å². The maximum atomic E-state index is 14.0. The fraction of sp³-hybridized carbons (Fsp3) is 0. The van der Waals surface area contributed by atoms with Gasteiger partial charge in [-0.3, -0.25) is 14.7 Å². The van der Waals surface area contributed by atoms with Crippen LogP contribution in [-0.4, -0.2) is 26.1 Å². The van der Waals surface area contributed by atoms with E-state index in [2.05, 4.69) is 25.5 Å². The molecule has 5 rings (SSSR count). The topological polar surface area (TPSA) is 104 Å². The molecule has 0 aliphatic rings. The van der Waals surface area contributed by atoms with Crippen LogP contribution in [0.5, 0.6) is 0 Å². The van der Waals surface area contributed by atoms with Gasteiger partial charge < -0.3 is 10.3 Å². The summed E-state index contributed by atoms with van der Waals surface area (Å²) in [4.78, 5) is 32.4. The number of fused-ring (bicyclic) bond motifs is 2. The Hall–Kier alpha value is -4.40. The number of aromatic nitrogens is 4. The molecule has 2 aromatic heterocycles. The molecular weight excluding hydrogens is 404 g/mol. The highest BCUT2D eigenvalue weighted by Gasteiger charge is 2.16. The summed E-state index contributed by atoms with van der Waals surface area (Å²) in [7, 11) is 0. The van der Waals surface area contributed by atoms with Crippen molar-refractivity contribution in [2.75, 3.05) is 5.32 Å². The monoisotopic (exact) mass is 417 g/mol. The van der Waals surface area contributed by atoms with Crippen LogP contribution >= 0.6 is 0 Å². The van der Waals surface area contributed by atoms with Gasteiger partial charge in [0, 0.05) is 11.1 Å². The molecule has 31 heavy (non-hydrogen) atoms. The Kier molecular flexibility index (Phi) is 4.28. The molecule has 2 heterocycles. The summed E-state index contributed by atoms with van der Waals surface area (Å²) in [5.41, 5.74) is 1.13. The van der Waals surface area contributed by atoms with Crippen LogP contribution in [0.25, 0.3) is 33.3 Å². The van der Waals surface area contributed by atoms with Crippen molar-refractivity contribution in [2.24, 2.45) is 0 Å². The fourth-order valence-electron chi connectivity index (χ4n) is 3.31. The van der Waals surface area contributed by atoms with Crippen molar-refractivity contribution in [3.8, 4) is 11.4 Å². The molecule has 0 fully saturated rings. The van der Waals surface area contributed by atoms with Crippen LogP contribution in [0.4, 0.5) is 14.5 Å². The van der Waals surface area contributed by atoms with Crippen molar-refractivity contribution in [2.45, 2.75) is 0 Å². The minimum Gasteiger partial charge on any atom is -0.338 e. The zero-order valence-corrected chi connectivity index (χ0v) is 15.7. The number of nitrogens with one attached hydrogen (secondary N) is 3. The number of aromatic amines is 2. The number of halogens is 2. The molecule has 0 bridgehead atoms. The van der Waals surface area contributed by atoms with E-state index in [0.29, 0.717) is 27.6 Å². The Morgan fingerprint density at radius 3 is 2.68 bits per heavy atom. The highest BCUT2D eigenvalue weighted by Crippen LogP contribution is 2.25. The second-order valence-electron chi connectivity index (χ2n) is 6.84. The average Bonchev–Trinajstić information content (AvgIpc) is 3.19. The maximum absolute atomic E-state index is 14.0. The number of hydrogen-bond acceptors (Lipinski definition) is 4. The molecule has 3 N–H and O–H groups in total. The number of anilines is 1. The van der Waals surface area contributed by atoms with Gasteiger partial charge >= 0.3 is 0 Å². The summed E-state index contributed by atoms with van der Waals surface area (Å²) < 4.78 is 27.5. The summed E-state index contributed by atoms with van der Waals surface area (Å²) in [6, 6.07) is 14.6. The van der Waals surface area contributed by atoms with Crippen LogP contribution in [0.15, 0.2) is 65.5 Å². The van der Waals surface area contributed by atoms with E-state index in [9.17, 15) is 18.4 Å². The molecule has 7 nitrogen and oxygen atoms in total. The Morgan fingerprint density at radius 2 is 1.81 bits per heavy atom. The van der Waals surface area contributed by atoms with E-state index in [1.807, 2.05) is 0 Å². The summed E-state index contributed by atoms with van der Waals surface area (Å²) in [6.07, 6.45) is 0. The van der Waals surface area contributed by atoms with Crippen LogP contribution in [0.3, 0.4) is 0 Å². The summed E-state index contributed by atoms with van der Waals surface area (Å²) in [5.74, 6) is -1.72. The number of para-hydroxylation sites is 1. The van der Waals surface area contributed by atoms with Crippen molar-refractivity contribution in [1.29, 1.82) is 0 Å². The third kappa shape index (κ3) is 3.31. The second-order valence-corrected chi connectivity index (χ2v) is 6.84. The normalized spacial score (nSPS) is 11.2. The number of imidazole rings is 1. The summed E-state index contributed by atoms with van der Waals surface area (Å²) in [6.45, 7) is 0. The molecule has 1 amide bonds. The molecule has 9 heteroatoms. The minimum absolute atomic E-state index is 0.00585. The van der Waals surface area contributed by atoms with Gasteiger partial charge in [-0.25, -0.2) is 13.8 Å². The lowest BCUT2D eigenvalue weighted by Crippen LogP contribution is -2.24. The third-order valence-electron chi connectivity index (χ3n) is 4.81. The Balaban J connectivity index is 1.47. The van der Waals surface area contributed by atoms with Crippen molar-refractivity contribution in [3.05, 3.63) is 88.2 Å². The van der Waals surface area contributed by atoms with Crippen LogP contribution < -0.4 is 10.7 Å². The van der Waals surface area contributed by atoms with Crippen molar-refractivity contribution in [3.63, 3.8) is 0 Å². The van der Waals surface area contributed by atoms with E-state index in [0.717, 1.165) is 18.2 Å². The van der Waals surface area contributed by atoms with E-state index in [1.54, 1.807) is 42.5 Å². The van der Waals surface area contributed by atoms with Gasteiger partial charge in [0.25, 0.3) is 5.91 Å². The molecule has 0 aliphatic heterocycles. The first-order valence-electron chi connectivity index (χ1n) is 9.23. The molecule has 3 aromatic carbocycles. The van der Waals surface area contributed by atoms with Gasteiger partial charge in [0.15, 0.2) is 5.69 Å². The lowest BCUT2D eigenvalue weighted by atomic mass is 10.2. The van der Waals surface area contributed by atoms with Gasteiger partial charge in [-0.2, -0.15) is 5.10 Å².